The molecule has 0 bridgehead atoms. The molecule has 0 atom stereocenters. The number of nitrogens with one attached hydrogen (secondary N) is 2. The molecule has 0 heterocycles. The van der Waals surface area contributed by atoms with Crippen molar-refractivity contribution < 1.29 is 36.1 Å². The number of hydrogen-bond donors (Lipinski definition) is 2. The minimum atomic E-state index is -4.80. The topological polar surface area (TPSA) is 84.3 Å². The molecule has 0 unspecified atom stereocenters. The summed E-state index contributed by atoms with van der Waals surface area (Å²) >= 11 is 5.74. The first kappa shape index (κ1) is 22.3. The van der Waals surface area contributed by atoms with E-state index in [0.29, 0.717) is 24.3 Å². The van der Waals surface area contributed by atoms with Crippen LogP contribution in [0.15, 0.2) is 36.4 Å². The average molecular weight is 442 g/mol. The molecule has 0 aromatic heterocycles. The Kier molecular flexibility index (Phi) is 6.26. The third-order valence-corrected chi connectivity index (χ3v) is 3.86. The summed E-state index contributed by atoms with van der Waals surface area (Å²) in [7, 11) is 0. The molecule has 0 saturated heterocycles. The van der Waals surface area contributed by atoms with E-state index >= 15 is 0 Å². The van der Waals surface area contributed by atoms with Gasteiger partial charge in [0.25, 0.3) is 5.69 Å². The molecule has 13 heteroatoms. The normalized spacial score (nSPS) is 11.8. The lowest BCUT2D eigenvalue weighted by Crippen LogP contribution is -2.22. The molecular weight excluding hydrogens is 432 g/mol. The van der Waals surface area contributed by atoms with Crippen molar-refractivity contribution in [1.29, 1.82) is 0 Å². The van der Waals surface area contributed by atoms with E-state index in [2.05, 4.69) is 10.6 Å². The smallest absolute Gasteiger partial charge is 0.371 e. The minimum Gasteiger partial charge on any atom is -0.371 e. The van der Waals surface area contributed by atoms with Crippen molar-refractivity contribution in [3.8, 4) is 0 Å². The molecule has 0 aliphatic heterocycles. The fraction of sp³-hybridized carbons (Fsp3) is 0.188. The maximum absolute atomic E-state index is 12.7. The first-order valence-electron chi connectivity index (χ1n) is 7.55. The molecule has 0 radical (unpaired) electrons. The van der Waals surface area contributed by atoms with Crippen LogP contribution in [0.2, 0.25) is 5.02 Å². The van der Waals surface area contributed by atoms with Crippen molar-refractivity contribution in [2.75, 3.05) is 17.2 Å². The number of amides is 1. The number of nitrogens with zero attached hydrogens (tertiary/aromatic N) is 1. The van der Waals surface area contributed by atoms with Crippen molar-refractivity contribution in [2.45, 2.75) is 12.4 Å². The van der Waals surface area contributed by atoms with Crippen LogP contribution in [0.3, 0.4) is 0 Å². The van der Waals surface area contributed by atoms with E-state index < -0.39 is 46.5 Å². The fourth-order valence-electron chi connectivity index (χ4n) is 2.18. The summed E-state index contributed by atoms with van der Waals surface area (Å²) in [5.74, 6) is -0.930. The van der Waals surface area contributed by atoms with Gasteiger partial charge in [0.2, 0.25) is 5.91 Å². The van der Waals surface area contributed by atoms with E-state index in [-0.39, 0.29) is 16.4 Å². The molecule has 156 valence electrons. The molecule has 2 rings (SSSR count). The van der Waals surface area contributed by atoms with E-state index in [0.717, 1.165) is 12.1 Å². The van der Waals surface area contributed by atoms with Crippen LogP contribution in [0.25, 0.3) is 0 Å². The highest BCUT2D eigenvalue weighted by atomic mass is 35.5. The summed E-state index contributed by atoms with van der Waals surface area (Å²) in [6.07, 6.45) is -9.48. The van der Waals surface area contributed by atoms with Crippen LogP contribution in [0.4, 0.5) is 43.4 Å². The highest BCUT2D eigenvalue weighted by Crippen LogP contribution is 2.35. The van der Waals surface area contributed by atoms with Crippen LogP contribution in [-0.2, 0) is 17.1 Å². The van der Waals surface area contributed by atoms with Crippen LogP contribution in [-0.4, -0.2) is 17.4 Å². The van der Waals surface area contributed by atoms with Crippen molar-refractivity contribution in [2.24, 2.45) is 0 Å². The number of rotatable bonds is 5. The molecule has 0 spiro atoms. The van der Waals surface area contributed by atoms with Crippen LogP contribution in [0.1, 0.15) is 11.1 Å². The van der Waals surface area contributed by atoms with Gasteiger partial charge in [0, 0.05) is 6.07 Å². The van der Waals surface area contributed by atoms with Gasteiger partial charge in [-0.2, -0.15) is 26.3 Å². The molecular formula is C16H10ClF6N3O3. The zero-order valence-electron chi connectivity index (χ0n) is 14.0. The Labute approximate surface area is 163 Å². The van der Waals surface area contributed by atoms with Gasteiger partial charge in [-0.3, -0.25) is 14.9 Å². The Morgan fingerprint density at radius 2 is 1.52 bits per heavy atom. The number of nitro benzene ring substituents is 1. The predicted molar refractivity (Wildman–Crippen MR) is 91.7 cm³/mol. The van der Waals surface area contributed by atoms with Crippen molar-refractivity contribution in [1.82, 2.24) is 0 Å². The lowest BCUT2D eigenvalue weighted by Gasteiger charge is -2.13. The molecule has 0 fully saturated rings. The summed E-state index contributed by atoms with van der Waals surface area (Å²) in [6, 6.07) is 3.88. The number of nitro groups is 1. The van der Waals surface area contributed by atoms with E-state index in [1.54, 1.807) is 0 Å². The van der Waals surface area contributed by atoms with Crippen molar-refractivity contribution in [3.05, 3.63) is 62.7 Å². The molecule has 1 amide bonds. The Hall–Kier alpha value is -3.02. The van der Waals surface area contributed by atoms with Crippen LogP contribution < -0.4 is 10.6 Å². The average Bonchev–Trinajstić information content (AvgIpc) is 2.59. The molecule has 0 aliphatic carbocycles. The van der Waals surface area contributed by atoms with E-state index in [4.69, 9.17) is 11.6 Å². The number of carbonyl (C=O) groups excluding carboxylic acids is 1. The predicted octanol–water partition coefficient (Wildman–Crippen LogP) is 5.34. The SMILES string of the molecule is O=C(CNc1ccc(C(F)(F)F)cc1[N+](=O)[O-])Nc1cc(C(F)(F)F)ccc1Cl. The van der Waals surface area contributed by atoms with Gasteiger partial charge >= 0.3 is 12.4 Å². The maximum atomic E-state index is 12.7. The number of hydrogen-bond acceptors (Lipinski definition) is 4. The van der Waals surface area contributed by atoms with Gasteiger partial charge in [0.05, 0.1) is 33.3 Å². The summed E-state index contributed by atoms with van der Waals surface area (Å²) in [4.78, 5) is 21.9. The first-order valence-corrected chi connectivity index (χ1v) is 7.93. The molecule has 2 N–H and O–H groups in total. The van der Waals surface area contributed by atoms with Gasteiger partial charge in [-0.05, 0) is 30.3 Å². The van der Waals surface area contributed by atoms with Gasteiger partial charge in [-0.25, -0.2) is 0 Å². The molecule has 6 nitrogen and oxygen atoms in total. The molecule has 2 aromatic carbocycles. The first-order chi connectivity index (χ1) is 13.3. The molecule has 29 heavy (non-hydrogen) atoms. The second-order valence-electron chi connectivity index (χ2n) is 5.58. The van der Waals surface area contributed by atoms with E-state index in [1.165, 1.54) is 0 Å². The monoisotopic (exact) mass is 441 g/mol. The third-order valence-electron chi connectivity index (χ3n) is 3.53. The van der Waals surface area contributed by atoms with Crippen LogP contribution >= 0.6 is 11.6 Å². The van der Waals surface area contributed by atoms with Gasteiger partial charge in [-0.15, -0.1) is 0 Å². The number of alkyl halides is 6. The Morgan fingerprint density at radius 3 is 2.07 bits per heavy atom. The molecule has 2 aromatic rings. The highest BCUT2D eigenvalue weighted by Gasteiger charge is 2.33. The zero-order chi connectivity index (χ0) is 22.0. The number of halogens is 7. The van der Waals surface area contributed by atoms with E-state index in [1.807, 2.05) is 0 Å². The van der Waals surface area contributed by atoms with Crippen molar-refractivity contribution in [3.63, 3.8) is 0 Å². The summed E-state index contributed by atoms with van der Waals surface area (Å²) in [5.41, 5.74) is -3.98. The van der Waals surface area contributed by atoms with Crippen LogP contribution in [0, 0.1) is 10.1 Å². The van der Waals surface area contributed by atoms with E-state index in [9.17, 15) is 41.3 Å². The van der Waals surface area contributed by atoms with Crippen molar-refractivity contribution >= 4 is 34.6 Å². The van der Waals surface area contributed by atoms with Gasteiger partial charge in [0.15, 0.2) is 0 Å². The number of benzene rings is 2. The quantitative estimate of drug-likeness (QED) is 0.373. The Morgan fingerprint density at radius 1 is 0.966 bits per heavy atom. The summed E-state index contributed by atoms with van der Waals surface area (Å²) < 4.78 is 76.2. The molecule has 0 saturated carbocycles. The van der Waals surface area contributed by atoms with Gasteiger partial charge in [0.1, 0.15) is 5.69 Å². The lowest BCUT2D eigenvalue weighted by molar-refractivity contribution is -0.384. The second kappa shape index (κ2) is 8.15. The zero-order valence-corrected chi connectivity index (χ0v) is 14.7. The largest absolute Gasteiger partial charge is 0.416 e. The number of anilines is 2. The maximum Gasteiger partial charge on any atom is 0.416 e. The fourth-order valence-corrected chi connectivity index (χ4v) is 2.34. The minimum absolute atomic E-state index is 0.188. The third kappa shape index (κ3) is 5.73. The van der Waals surface area contributed by atoms with Gasteiger partial charge in [-0.1, -0.05) is 11.6 Å². The second-order valence-corrected chi connectivity index (χ2v) is 5.99. The van der Waals surface area contributed by atoms with Crippen LogP contribution in [0.5, 0.6) is 0 Å². The Bertz CT molecular complexity index is 946. The summed E-state index contributed by atoms with van der Waals surface area (Å²) in [5, 5.41) is 15.2. The Balaban J connectivity index is 2.15. The van der Waals surface area contributed by atoms with Gasteiger partial charge < -0.3 is 10.6 Å². The molecule has 0 aliphatic rings. The lowest BCUT2D eigenvalue weighted by atomic mass is 10.1. The highest BCUT2D eigenvalue weighted by molar-refractivity contribution is 6.33. The summed E-state index contributed by atoms with van der Waals surface area (Å²) in [6.45, 7) is -0.682. The standard InChI is InChI=1S/C16H10ClF6N3O3/c17-10-3-1-8(15(18,19)20)5-12(10)25-14(27)7-24-11-4-2-9(16(21,22)23)6-13(11)26(28)29/h1-6,24H,7H2,(H,25,27). The number of carbonyl (C=O) groups is 1.